The van der Waals surface area contributed by atoms with Crippen molar-refractivity contribution in [2.24, 2.45) is 0 Å². The molecule has 0 aromatic heterocycles. The normalized spacial score (nSPS) is 12.3. The van der Waals surface area contributed by atoms with Crippen LogP contribution in [0.2, 0.25) is 5.02 Å². The zero-order valence-corrected chi connectivity index (χ0v) is 15.7. The van der Waals surface area contributed by atoms with Gasteiger partial charge in [-0.1, -0.05) is 35.5 Å². The summed E-state index contributed by atoms with van der Waals surface area (Å²) in [6, 6.07) is 20.8. The van der Waals surface area contributed by atoms with Gasteiger partial charge in [0.1, 0.15) is 5.75 Å². The van der Waals surface area contributed by atoms with Gasteiger partial charge in [-0.2, -0.15) is 0 Å². The summed E-state index contributed by atoms with van der Waals surface area (Å²) in [6.07, 6.45) is 0. The molecule has 3 aromatic rings. The van der Waals surface area contributed by atoms with Crippen molar-refractivity contribution in [3.05, 3.63) is 77.3 Å². The number of hydrogen-bond donors (Lipinski definition) is 0. The first kappa shape index (κ1) is 17.0. The number of hydrogen-bond acceptors (Lipinski definition) is 3. The summed E-state index contributed by atoms with van der Waals surface area (Å²) < 4.78 is 5.47. The molecule has 0 fully saturated rings. The first-order chi connectivity index (χ1) is 12.7. The minimum absolute atomic E-state index is 0.0932. The fourth-order valence-corrected chi connectivity index (χ4v) is 4.14. The van der Waals surface area contributed by atoms with Crippen molar-refractivity contribution in [2.75, 3.05) is 11.5 Å². The molecule has 3 aromatic carbocycles. The van der Waals surface area contributed by atoms with E-state index in [1.165, 1.54) is 0 Å². The van der Waals surface area contributed by atoms with Crippen molar-refractivity contribution in [1.29, 1.82) is 0 Å². The molecule has 130 valence electrons. The topological polar surface area (TPSA) is 29.5 Å². The van der Waals surface area contributed by atoms with Crippen LogP contribution in [-0.2, 0) is 0 Å². The number of para-hydroxylation sites is 1. The minimum Gasteiger partial charge on any atom is -0.494 e. The summed E-state index contributed by atoms with van der Waals surface area (Å²) in [4.78, 5) is 17.1. The number of ether oxygens (including phenoxy) is 1. The first-order valence-electron chi connectivity index (χ1n) is 8.31. The Hall–Kier alpha value is -2.43. The van der Waals surface area contributed by atoms with E-state index in [1.54, 1.807) is 28.8 Å². The third-order valence-electron chi connectivity index (χ3n) is 4.10. The molecule has 1 amide bonds. The van der Waals surface area contributed by atoms with Crippen molar-refractivity contribution >= 4 is 40.6 Å². The van der Waals surface area contributed by atoms with Crippen LogP contribution in [0.5, 0.6) is 5.75 Å². The second kappa shape index (κ2) is 7.06. The predicted octanol–water partition coefficient (Wildman–Crippen LogP) is 6.18. The SMILES string of the molecule is CCOc1ccc(C(=O)N2c3ccccc3Sc3ccc(Cl)cc32)cc1. The highest BCUT2D eigenvalue weighted by molar-refractivity contribution is 7.99. The van der Waals surface area contributed by atoms with Gasteiger partial charge in [-0.3, -0.25) is 9.69 Å². The Morgan fingerprint density at radius 3 is 2.50 bits per heavy atom. The summed E-state index contributed by atoms with van der Waals surface area (Å²) in [6.45, 7) is 2.53. The maximum Gasteiger partial charge on any atom is 0.262 e. The van der Waals surface area contributed by atoms with Crippen molar-refractivity contribution in [3.8, 4) is 5.75 Å². The van der Waals surface area contributed by atoms with E-state index >= 15 is 0 Å². The molecule has 3 nitrogen and oxygen atoms in total. The molecule has 0 spiro atoms. The Labute approximate surface area is 161 Å². The average molecular weight is 382 g/mol. The Kier molecular flexibility index (Phi) is 4.62. The predicted molar refractivity (Wildman–Crippen MR) is 106 cm³/mol. The molecular weight excluding hydrogens is 366 g/mol. The molecule has 26 heavy (non-hydrogen) atoms. The number of rotatable bonds is 3. The summed E-state index contributed by atoms with van der Waals surface area (Å²) in [5.74, 6) is 0.659. The molecule has 0 unspecified atom stereocenters. The Morgan fingerprint density at radius 2 is 1.73 bits per heavy atom. The summed E-state index contributed by atoms with van der Waals surface area (Å²) in [5.41, 5.74) is 2.27. The van der Waals surface area contributed by atoms with Crippen molar-refractivity contribution in [2.45, 2.75) is 16.7 Å². The fraction of sp³-hybridized carbons (Fsp3) is 0.0952. The van der Waals surface area contributed by atoms with E-state index in [4.69, 9.17) is 16.3 Å². The lowest BCUT2D eigenvalue weighted by Crippen LogP contribution is -2.28. The number of amides is 1. The number of carbonyl (C=O) groups excluding carboxylic acids is 1. The number of benzene rings is 3. The molecule has 0 atom stereocenters. The monoisotopic (exact) mass is 381 g/mol. The summed E-state index contributed by atoms with van der Waals surface area (Å²) >= 11 is 7.86. The molecule has 0 N–H and O–H groups in total. The van der Waals surface area contributed by atoms with E-state index in [-0.39, 0.29) is 5.91 Å². The van der Waals surface area contributed by atoms with E-state index < -0.39 is 0 Å². The smallest absolute Gasteiger partial charge is 0.262 e. The summed E-state index contributed by atoms with van der Waals surface area (Å²) in [7, 11) is 0. The quantitative estimate of drug-likeness (QED) is 0.542. The van der Waals surface area contributed by atoms with Crippen LogP contribution in [0.3, 0.4) is 0 Å². The highest BCUT2D eigenvalue weighted by Crippen LogP contribution is 2.49. The van der Waals surface area contributed by atoms with Gasteiger partial charge in [0.25, 0.3) is 5.91 Å². The third-order valence-corrected chi connectivity index (χ3v) is 5.47. The van der Waals surface area contributed by atoms with Gasteiger partial charge in [0, 0.05) is 20.4 Å². The minimum atomic E-state index is -0.0932. The van der Waals surface area contributed by atoms with Gasteiger partial charge < -0.3 is 4.74 Å². The van der Waals surface area contributed by atoms with Crippen molar-refractivity contribution in [3.63, 3.8) is 0 Å². The van der Waals surface area contributed by atoms with Crippen molar-refractivity contribution < 1.29 is 9.53 Å². The standard InChI is InChI=1S/C21H16ClNO2S/c1-2-25-16-10-7-14(8-11-16)21(24)23-17-5-3-4-6-19(17)26-20-12-9-15(22)13-18(20)23/h3-13H,2H2,1H3. The molecule has 1 heterocycles. The zero-order chi connectivity index (χ0) is 18.1. The fourth-order valence-electron chi connectivity index (χ4n) is 2.94. The van der Waals surface area contributed by atoms with Crippen LogP contribution >= 0.6 is 23.4 Å². The zero-order valence-electron chi connectivity index (χ0n) is 14.1. The molecule has 1 aliphatic heterocycles. The molecule has 1 aliphatic rings. The van der Waals surface area contributed by atoms with E-state index in [2.05, 4.69) is 0 Å². The number of halogens is 1. The molecule has 0 aliphatic carbocycles. The van der Waals surface area contributed by atoms with Gasteiger partial charge in [-0.25, -0.2) is 0 Å². The largest absolute Gasteiger partial charge is 0.494 e. The van der Waals surface area contributed by atoms with E-state index in [0.717, 1.165) is 26.9 Å². The molecule has 0 bridgehead atoms. The Morgan fingerprint density at radius 1 is 1.00 bits per heavy atom. The van der Waals surface area contributed by atoms with Gasteiger partial charge in [-0.15, -0.1) is 0 Å². The van der Waals surface area contributed by atoms with E-state index in [9.17, 15) is 4.79 Å². The average Bonchev–Trinajstić information content (AvgIpc) is 2.66. The molecule has 0 saturated heterocycles. The second-order valence-electron chi connectivity index (χ2n) is 5.78. The third kappa shape index (κ3) is 3.06. The van der Waals surface area contributed by atoms with Crippen LogP contribution in [-0.4, -0.2) is 12.5 Å². The van der Waals surface area contributed by atoms with Gasteiger partial charge in [-0.05, 0) is 61.5 Å². The lowest BCUT2D eigenvalue weighted by atomic mass is 10.1. The van der Waals surface area contributed by atoms with E-state index in [1.807, 2.05) is 61.5 Å². The van der Waals surface area contributed by atoms with Crippen LogP contribution < -0.4 is 9.64 Å². The van der Waals surface area contributed by atoms with Gasteiger partial charge in [0.05, 0.1) is 18.0 Å². The van der Waals surface area contributed by atoms with Crippen LogP contribution in [0.25, 0.3) is 0 Å². The van der Waals surface area contributed by atoms with Crippen molar-refractivity contribution in [1.82, 2.24) is 0 Å². The highest BCUT2D eigenvalue weighted by atomic mass is 35.5. The first-order valence-corrected chi connectivity index (χ1v) is 9.50. The maximum absolute atomic E-state index is 13.3. The lowest BCUT2D eigenvalue weighted by Gasteiger charge is -2.31. The molecule has 0 saturated carbocycles. The lowest BCUT2D eigenvalue weighted by molar-refractivity contribution is 0.0998. The van der Waals surface area contributed by atoms with E-state index in [0.29, 0.717) is 17.2 Å². The van der Waals surface area contributed by atoms with Crippen LogP contribution in [0.1, 0.15) is 17.3 Å². The molecule has 5 heteroatoms. The summed E-state index contributed by atoms with van der Waals surface area (Å²) in [5, 5.41) is 0.605. The van der Waals surface area contributed by atoms with Gasteiger partial charge in [0.15, 0.2) is 0 Å². The molecule has 0 radical (unpaired) electrons. The van der Waals surface area contributed by atoms with Crippen LogP contribution in [0, 0.1) is 0 Å². The maximum atomic E-state index is 13.3. The van der Waals surface area contributed by atoms with Crippen LogP contribution in [0.4, 0.5) is 11.4 Å². The highest BCUT2D eigenvalue weighted by Gasteiger charge is 2.29. The Balaban J connectivity index is 1.80. The molecule has 4 rings (SSSR count). The number of carbonyl (C=O) groups is 1. The number of fused-ring (bicyclic) bond motifs is 2. The number of nitrogens with zero attached hydrogens (tertiary/aromatic N) is 1. The van der Waals surface area contributed by atoms with Gasteiger partial charge in [0.2, 0.25) is 0 Å². The van der Waals surface area contributed by atoms with Crippen LogP contribution in [0.15, 0.2) is 76.5 Å². The second-order valence-corrected chi connectivity index (χ2v) is 7.30. The number of anilines is 2. The molecular formula is C21H16ClNO2S. The Bertz CT molecular complexity index is 972. The van der Waals surface area contributed by atoms with Gasteiger partial charge >= 0.3 is 0 Å².